The first-order chi connectivity index (χ1) is 18.6. The number of imide groups is 1. The van der Waals surface area contributed by atoms with Gasteiger partial charge in [-0.25, -0.2) is 9.59 Å². The van der Waals surface area contributed by atoms with Gasteiger partial charge in [-0.1, -0.05) is 27.5 Å². The lowest BCUT2D eigenvalue weighted by molar-refractivity contribution is -0.143. The van der Waals surface area contributed by atoms with Crippen molar-refractivity contribution < 1.29 is 42.9 Å². The van der Waals surface area contributed by atoms with Crippen LogP contribution in [0.3, 0.4) is 0 Å². The average Bonchev–Trinajstić information content (AvgIpc) is 3.16. The van der Waals surface area contributed by atoms with Gasteiger partial charge in [-0.2, -0.15) is 0 Å². The lowest BCUT2D eigenvalue weighted by atomic mass is 10.2. The Morgan fingerprint density at radius 1 is 1.13 bits per heavy atom. The van der Waals surface area contributed by atoms with Crippen LogP contribution < -0.4 is 14.8 Å². The predicted octanol–water partition coefficient (Wildman–Crippen LogP) is 4.51. The summed E-state index contributed by atoms with van der Waals surface area (Å²) in [6.07, 6.45) is 1.46. The van der Waals surface area contributed by atoms with Gasteiger partial charge >= 0.3 is 11.9 Å². The maximum Gasteiger partial charge on any atom is 0.343 e. The maximum atomic E-state index is 12.9. The van der Waals surface area contributed by atoms with E-state index in [-0.39, 0.29) is 45.9 Å². The van der Waals surface area contributed by atoms with Crippen LogP contribution in [0, 0.1) is 0 Å². The number of ether oxygens (including phenoxy) is 4. The number of anilines is 1. The zero-order valence-corrected chi connectivity index (χ0v) is 24.0. The van der Waals surface area contributed by atoms with Gasteiger partial charge in [0, 0.05) is 10.2 Å². The number of rotatable bonds is 10. The second-order valence-electron chi connectivity index (χ2n) is 7.62. The number of nitrogens with one attached hydrogen (secondary N) is 1. The van der Waals surface area contributed by atoms with Crippen molar-refractivity contribution in [2.75, 3.05) is 39.3 Å². The van der Waals surface area contributed by atoms with E-state index in [2.05, 4.69) is 26.0 Å². The topological polar surface area (TPSA) is 138 Å². The molecule has 0 radical (unpaired) electrons. The molecular formula is C25H22BrClN2O9S. The van der Waals surface area contributed by atoms with E-state index < -0.39 is 35.5 Å². The number of halogens is 2. The molecule has 1 aliphatic heterocycles. The van der Waals surface area contributed by atoms with Crippen molar-refractivity contribution in [3.8, 4) is 11.5 Å². The third-order valence-electron chi connectivity index (χ3n) is 5.06. The van der Waals surface area contributed by atoms with Crippen molar-refractivity contribution in [3.05, 3.63) is 55.9 Å². The molecule has 0 atom stereocenters. The largest absolute Gasteiger partial charge is 0.493 e. The summed E-state index contributed by atoms with van der Waals surface area (Å²) in [6, 6.07) is 7.33. The molecule has 0 bridgehead atoms. The molecule has 1 heterocycles. The van der Waals surface area contributed by atoms with E-state index in [1.165, 1.54) is 38.5 Å². The average molecular weight is 642 g/mol. The fourth-order valence-corrected chi connectivity index (χ4v) is 4.68. The second kappa shape index (κ2) is 13.5. The van der Waals surface area contributed by atoms with Crippen LogP contribution in [0.1, 0.15) is 22.8 Å². The summed E-state index contributed by atoms with van der Waals surface area (Å²) in [7, 11) is 2.64. The molecule has 11 nitrogen and oxygen atoms in total. The summed E-state index contributed by atoms with van der Waals surface area (Å²) in [5.41, 5.74) is 0.786. The normalized spacial score (nSPS) is 13.9. The molecule has 3 amide bonds. The van der Waals surface area contributed by atoms with E-state index in [0.29, 0.717) is 21.8 Å². The van der Waals surface area contributed by atoms with Crippen LogP contribution in [0.2, 0.25) is 5.02 Å². The molecule has 0 aliphatic carbocycles. The molecule has 0 spiro atoms. The quantitative estimate of drug-likeness (QED) is 0.291. The summed E-state index contributed by atoms with van der Waals surface area (Å²) in [4.78, 5) is 62.4. The van der Waals surface area contributed by atoms with E-state index in [0.717, 1.165) is 4.90 Å². The number of hydrogen-bond donors (Lipinski definition) is 1. The van der Waals surface area contributed by atoms with E-state index in [1.54, 1.807) is 19.1 Å². The highest BCUT2D eigenvalue weighted by Gasteiger charge is 2.36. The molecule has 1 N–H and O–H groups in total. The first kappa shape index (κ1) is 30.0. The second-order valence-corrected chi connectivity index (χ2v) is 9.88. The van der Waals surface area contributed by atoms with Gasteiger partial charge in [0.15, 0.2) is 18.1 Å². The number of benzene rings is 2. The van der Waals surface area contributed by atoms with Crippen LogP contribution in [-0.2, 0) is 23.9 Å². The first-order valence-corrected chi connectivity index (χ1v) is 13.2. The Labute approximate surface area is 240 Å². The van der Waals surface area contributed by atoms with Gasteiger partial charge in [0.05, 0.1) is 36.3 Å². The van der Waals surface area contributed by atoms with Gasteiger partial charge < -0.3 is 24.3 Å². The Hall–Kier alpha value is -3.55. The standard InChI is InChI=1S/C25H22BrClN2O9S/c1-4-37-24(33)15-9-14(5-6-17(15)27)28-21(30)11-29-23(32)20(39-25(29)34)8-13-7-18(35-2)19(10-16(13)26)38-12-22(31)36-3/h5-10H,4,11-12H2,1-3H3,(H,28,30)/b20-8+. The molecular weight excluding hydrogens is 620 g/mol. The van der Waals surface area contributed by atoms with Crippen LogP contribution in [0.25, 0.3) is 6.08 Å². The lowest BCUT2D eigenvalue weighted by Gasteiger charge is -2.13. The number of carbonyl (C=O) groups excluding carboxylic acids is 5. The maximum absolute atomic E-state index is 12.9. The van der Waals surface area contributed by atoms with Crippen LogP contribution in [0.15, 0.2) is 39.7 Å². The highest BCUT2D eigenvalue weighted by molar-refractivity contribution is 9.10. The molecule has 2 aromatic carbocycles. The third-order valence-corrected chi connectivity index (χ3v) is 6.99. The molecule has 2 aromatic rings. The molecule has 1 saturated heterocycles. The number of thioether (sulfide) groups is 1. The SMILES string of the molecule is CCOC(=O)c1cc(NC(=O)CN2C(=O)S/C(=C/c3cc(OC)c(OCC(=O)OC)cc3Br)C2=O)ccc1Cl. The number of hydrogen-bond acceptors (Lipinski definition) is 10. The minimum absolute atomic E-state index is 0.0631. The van der Waals surface area contributed by atoms with Crippen LogP contribution in [0.4, 0.5) is 10.5 Å². The lowest BCUT2D eigenvalue weighted by Crippen LogP contribution is -2.36. The number of nitrogens with zero attached hydrogens (tertiary/aromatic N) is 1. The molecule has 39 heavy (non-hydrogen) atoms. The first-order valence-electron chi connectivity index (χ1n) is 11.2. The Kier molecular flexibility index (Phi) is 10.4. The van der Waals surface area contributed by atoms with Gasteiger partial charge in [-0.3, -0.25) is 19.3 Å². The van der Waals surface area contributed by atoms with Crippen molar-refractivity contribution in [1.29, 1.82) is 0 Å². The molecule has 0 aromatic heterocycles. The summed E-state index contributed by atoms with van der Waals surface area (Å²) in [5, 5.41) is 2.06. The Morgan fingerprint density at radius 3 is 2.54 bits per heavy atom. The molecule has 14 heteroatoms. The van der Waals surface area contributed by atoms with Crippen LogP contribution in [0.5, 0.6) is 11.5 Å². The summed E-state index contributed by atoms with van der Waals surface area (Å²) in [6.45, 7) is 0.910. The number of methoxy groups -OCH3 is 2. The number of amides is 3. The van der Waals surface area contributed by atoms with Gasteiger partial charge in [-0.15, -0.1) is 0 Å². The predicted molar refractivity (Wildman–Crippen MR) is 147 cm³/mol. The zero-order chi connectivity index (χ0) is 28.7. The van der Waals surface area contributed by atoms with Gasteiger partial charge in [0.1, 0.15) is 6.54 Å². The summed E-state index contributed by atoms with van der Waals surface area (Å²) >= 11 is 10.1. The monoisotopic (exact) mass is 640 g/mol. The Balaban J connectivity index is 1.73. The fourth-order valence-electron chi connectivity index (χ4n) is 3.22. The van der Waals surface area contributed by atoms with E-state index in [4.69, 9.17) is 25.8 Å². The smallest absolute Gasteiger partial charge is 0.343 e. The minimum Gasteiger partial charge on any atom is -0.493 e. The van der Waals surface area contributed by atoms with E-state index in [9.17, 15) is 24.0 Å². The van der Waals surface area contributed by atoms with Crippen molar-refractivity contribution >= 4 is 80.0 Å². The Morgan fingerprint density at radius 2 is 1.87 bits per heavy atom. The number of carbonyl (C=O) groups is 5. The van der Waals surface area contributed by atoms with Crippen molar-refractivity contribution in [3.63, 3.8) is 0 Å². The minimum atomic E-state index is -0.666. The van der Waals surface area contributed by atoms with Crippen LogP contribution in [-0.4, -0.2) is 67.9 Å². The third kappa shape index (κ3) is 7.52. The number of esters is 2. The molecule has 1 fully saturated rings. The molecule has 0 unspecified atom stereocenters. The van der Waals surface area contributed by atoms with Crippen molar-refractivity contribution in [1.82, 2.24) is 4.90 Å². The molecule has 206 valence electrons. The van der Waals surface area contributed by atoms with Gasteiger partial charge in [0.2, 0.25) is 5.91 Å². The zero-order valence-electron chi connectivity index (χ0n) is 20.9. The fraction of sp³-hybridized carbons (Fsp3) is 0.240. The van der Waals surface area contributed by atoms with E-state index >= 15 is 0 Å². The Bertz CT molecular complexity index is 1370. The van der Waals surface area contributed by atoms with Crippen molar-refractivity contribution in [2.45, 2.75) is 6.92 Å². The van der Waals surface area contributed by atoms with Crippen molar-refractivity contribution in [2.24, 2.45) is 0 Å². The summed E-state index contributed by atoms with van der Waals surface area (Å²) in [5.74, 6) is -2.03. The van der Waals surface area contributed by atoms with Gasteiger partial charge in [0.25, 0.3) is 11.1 Å². The molecule has 0 saturated carbocycles. The van der Waals surface area contributed by atoms with E-state index in [1.807, 2.05) is 0 Å². The highest BCUT2D eigenvalue weighted by atomic mass is 79.9. The molecule has 1 aliphatic rings. The van der Waals surface area contributed by atoms with Crippen LogP contribution >= 0.6 is 39.3 Å². The summed E-state index contributed by atoms with van der Waals surface area (Å²) < 4.78 is 20.7. The highest BCUT2D eigenvalue weighted by Crippen LogP contribution is 2.38. The van der Waals surface area contributed by atoms with Gasteiger partial charge in [-0.05, 0) is 60.7 Å². The molecule has 3 rings (SSSR count).